The average Bonchev–Trinajstić information content (AvgIpc) is 2.75. The van der Waals surface area contributed by atoms with Crippen LogP contribution in [0.1, 0.15) is 130 Å². The van der Waals surface area contributed by atoms with Gasteiger partial charge in [-0.1, -0.05) is 104 Å². The summed E-state index contributed by atoms with van der Waals surface area (Å²) in [5.41, 5.74) is 6.59. The van der Waals surface area contributed by atoms with Crippen molar-refractivity contribution in [2.75, 3.05) is 21.3 Å². The summed E-state index contributed by atoms with van der Waals surface area (Å²) >= 11 is 0. The summed E-state index contributed by atoms with van der Waals surface area (Å²) in [7, 11) is 2.44. The molecule has 0 saturated carbocycles. The first-order valence-corrected chi connectivity index (χ1v) is 15.1. The van der Waals surface area contributed by atoms with E-state index in [9.17, 15) is 0 Å². The lowest BCUT2D eigenvalue weighted by Crippen LogP contribution is -2.55. The van der Waals surface area contributed by atoms with Gasteiger partial charge in [-0.25, -0.2) is 0 Å². The fourth-order valence-corrected chi connectivity index (χ4v) is 8.13. The van der Waals surface area contributed by atoms with E-state index in [0.29, 0.717) is 5.92 Å². The number of hydrogen-bond acceptors (Lipinski definition) is 4. The lowest BCUT2D eigenvalue weighted by atomic mass is 9.80. The van der Waals surface area contributed by atoms with Crippen LogP contribution in [0.2, 0.25) is 5.54 Å². The number of unbranched alkanes of at least 4 members (excludes halogenated alkanes) is 13. The van der Waals surface area contributed by atoms with Crippen LogP contribution in [0.5, 0.6) is 0 Å². The van der Waals surface area contributed by atoms with Gasteiger partial charge in [0.25, 0.3) is 0 Å². The second kappa shape index (κ2) is 18.5. The minimum absolute atomic E-state index is 0.231. The first-order chi connectivity index (χ1) is 14.8. The largest absolute Gasteiger partial charge is 0.503 e. The summed E-state index contributed by atoms with van der Waals surface area (Å²) in [5.74, 6) is 0.335. The first-order valence-electron chi connectivity index (χ1n) is 13.3. The second-order valence-corrected chi connectivity index (χ2v) is 13.2. The molecule has 2 atom stereocenters. The van der Waals surface area contributed by atoms with Crippen LogP contribution >= 0.6 is 0 Å². The standard InChI is InChI=1S/C26H57NO3Si/c1-8-10-11-12-13-14-15-16-17-18-19-20-21-22-23-24(26(3,4)27)25(9-2)31(28-5,29-6)30-7/h24-25H,8-23,27H2,1-7H3. The monoisotopic (exact) mass is 459 g/mol. The van der Waals surface area contributed by atoms with Gasteiger partial charge in [0, 0.05) is 32.4 Å². The molecule has 0 aliphatic rings. The first kappa shape index (κ1) is 31.1. The molecule has 4 nitrogen and oxygen atoms in total. The molecule has 188 valence electrons. The maximum Gasteiger partial charge on any atom is 0.503 e. The van der Waals surface area contributed by atoms with Gasteiger partial charge in [-0.15, -0.1) is 0 Å². The van der Waals surface area contributed by atoms with E-state index in [1.54, 1.807) is 21.3 Å². The zero-order chi connectivity index (χ0) is 23.6. The number of hydrogen-bond donors (Lipinski definition) is 1. The van der Waals surface area contributed by atoms with Gasteiger partial charge < -0.3 is 19.0 Å². The molecule has 31 heavy (non-hydrogen) atoms. The highest BCUT2D eigenvalue weighted by molar-refractivity contribution is 6.62. The van der Waals surface area contributed by atoms with Crippen molar-refractivity contribution in [1.29, 1.82) is 0 Å². The Hall–Kier alpha value is 0.0569. The summed E-state index contributed by atoms with van der Waals surface area (Å²) in [6.07, 6.45) is 21.5. The van der Waals surface area contributed by atoms with Gasteiger partial charge in [-0.3, -0.25) is 0 Å². The molecule has 0 aromatic heterocycles. The fraction of sp³-hybridized carbons (Fsp3) is 1.00. The van der Waals surface area contributed by atoms with Crippen LogP contribution in [0.3, 0.4) is 0 Å². The van der Waals surface area contributed by atoms with E-state index in [2.05, 4.69) is 27.7 Å². The van der Waals surface area contributed by atoms with E-state index >= 15 is 0 Å². The van der Waals surface area contributed by atoms with Crippen LogP contribution in [-0.4, -0.2) is 35.7 Å². The maximum absolute atomic E-state index is 6.63. The van der Waals surface area contributed by atoms with E-state index in [-0.39, 0.29) is 11.1 Å². The van der Waals surface area contributed by atoms with Crippen molar-refractivity contribution in [3.63, 3.8) is 0 Å². The molecular formula is C26H57NO3Si. The summed E-state index contributed by atoms with van der Waals surface area (Å²) in [5, 5.41) is 0. The molecule has 0 spiro atoms. The SMILES string of the molecule is CCCCCCCCCCCCCCCCC(C(CC)[Si](OC)(OC)OC)C(C)(C)N. The molecule has 0 fully saturated rings. The van der Waals surface area contributed by atoms with Crippen LogP contribution in [0, 0.1) is 5.92 Å². The number of rotatable bonds is 22. The van der Waals surface area contributed by atoms with Crippen LogP contribution in [0.15, 0.2) is 0 Å². The Balaban J connectivity index is 4.14. The Morgan fingerprint density at radius 3 is 1.29 bits per heavy atom. The molecule has 0 amide bonds. The van der Waals surface area contributed by atoms with Crippen molar-refractivity contribution in [2.24, 2.45) is 11.7 Å². The van der Waals surface area contributed by atoms with Crippen LogP contribution in [0.25, 0.3) is 0 Å². The average molecular weight is 460 g/mol. The topological polar surface area (TPSA) is 53.7 Å². The summed E-state index contributed by atoms with van der Waals surface area (Å²) in [6, 6.07) is 0. The smallest absolute Gasteiger partial charge is 0.377 e. The maximum atomic E-state index is 6.63. The predicted octanol–water partition coefficient (Wildman–Crippen LogP) is 7.87. The van der Waals surface area contributed by atoms with Gasteiger partial charge >= 0.3 is 8.80 Å². The second-order valence-electron chi connectivity index (χ2n) is 10.0. The molecule has 0 aromatic rings. The Bertz CT molecular complexity index is 388. The molecule has 0 radical (unpaired) electrons. The zero-order valence-electron chi connectivity index (χ0n) is 22.3. The minimum Gasteiger partial charge on any atom is -0.377 e. The summed E-state index contributed by atoms with van der Waals surface area (Å²) < 4.78 is 17.5. The van der Waals surface area contributed by atoms with Crippen LogP contribution in [-0.2, 0) is 13.3 Å². The van der Waals surface area contributed by atoms with Gasteiger partial charge in [-0.2, -0.15) is 0 Å². The van der Waals surface area contributed by atoms with E-state index in [4.69, 9.17) is 19.0 Å². The normalized spacial score (nSPS) is 14.7. The van der Waals surface area contributed by atoms with Gasteiger partial charge in [0.2, 0.25) is 0 Å². The minimum atomic E-state index is -2.71. The molecular weight excluding hydrogens is 402 g/mol. The van der Waals surface area contributed by atoms with Crippen LogP contribution in [0.4, 0.5) is 0 Å². The molecule has 0 heterocycles. The van der Waals surface area contributed by atoms with Crippen molar-refractivity contribution in [3.05, 3.63) is 0 Å². The highest BCUT2D eigenvalue weighted by Crippen LogP contribution is 2.42. The highest BCUT2D eigenvalue weighted by Gasteiger charge is 2.52. The molecule has 0 aromatic carbocycles. The van der Waals surface area contributed by atoms with Gasteiger partial charge in [-0.05, 0) is 32.6 Å². The third kappa shape index (κ3) is 12.8. The highest BCUT2D eigenvalue weighted by atomic mass is 28.4. The molecule has 5 heteroatoms. The van der Waals surface area contributed by atoms with Gasteiger partial charge in [0.15, 0.2) is 0 Å². The van der Waals surface area contributed by atoms with E-state index in [1.807, 2.05) is 0 Å². The van der Waals surface area contributed by atoms with Crippen molar-refractivity contribution in [2.45, 2.75) is 142 Å². The zero-order valence-corrected chi connectivity index (χ0v) is 23.3. The summed E-state index contributed by atoms with van der Waals surface area (Å²) in [4.78, 5) is 0. The number of nitrogens with two attached hydrogens (primary N) is 1. The van der Waals surface area contributed by atoms with E-state index in [0.717, 1.165) is 12.8 Å². The lowest BCUT2D eigenvalue weighted by molar-refractivity contribution is 0.0884. The van der Waals surface area contributed by atoms with Crippen molar-refractivity contribution in [1.82, 2.24) is 0 Å². The summed E-state index contributed by atoms with van der Waals surface area (Å²) in [6.45, 7) is 8.78. The Kier molecular flexibility index (Phi) is 18.5. The Labute approximate surface area is 196 Å². The Morgan fingerprint density at radius 2 is 1.00 bits per heavy atom. The molecule has 0 rings (SSSR count). The predicted molar refractivity (Wildman–Crippen MR) is 138 cm³/mol. The van der Waals surface area contributed by atoms with Crippen molar-refractivity contribution in [3.8, 4) is 0 Å². The van der Waals surface area contributed by atoms with Gasteiger partial charge in [0.1, 0.15) is 0 Å². The molecule has 0 saturated heterocycles. The molecule has 2 unspecified atom stereocenters. The van der Waals surface area contributed by atoms with E-state index < -0.39 is 8.80 Å². The molecule has 0 bridgehead atoms. The van der Waals surface area contributed by atoms with Crippen molar-refractivity contribution < 1.29 is 13.3 Å². The molecule has 0 aliphatic heterocycles. The third-order valence-corrected chi connectivity index (χ3v) is 10.5. The lowest BCUT2D eigenvalue weighted by Gasteiger charge is -2.42. The molecule has 0 aliphatic carbocycles. The third-order valence-electron chi connectivity index (χ3n) is 7.06. The van der Waals surface area contributed by atoms with Crippen molar-refractivity contribution >= 4 is 8.80 Å². The molecule has 2 N–H and O–H groups in total. The van der Waals surface area contributed by atoms with Crippen LogP contribution < -0.4 is 5.73 Å². The van der Waals surface area contributed by atoms with E-state index in [1.165, 1.54) is 89.9 Å². The Morgan fingerprint density at radius 1 is 0.645 bits per heavy atom. The van der Waals surface area contributed by atoms with Gasteiger partial charge in [0.05, 0.1) is 0 Å². The fourth-order valence-electron chi connectivity index (χ4n) is 5.14. The quantitative estimate of drug-likeness (QED) is 0.132.